The Morgan fingerprint density at radius 1 is 1.21 bits per heavy atom. The first kappa shape index (κ1) is 27.6. The van der Waals surface area contributed by atoms with Crippen LogP contribution in [0.4, 0.5) is 0 Å². The fourth-order valence-corrected chi connectivity index (χ4v) is 3.56. The number of ether oxygens (including phenoxy) is 4. The number of hydrogen-bond acceptors (Lipinski definition) is 9. The second-order valence-electron chi connectivity index (χ2n) is 8.84. The van der Waals surface area contributed by atoms with Gasteiger partial charge in [0, 0.05) is 18.7 Å². The van der Waals surface area contributed by atoms with Crippen LogP contribution in [0.25, 0.3) is 0 Å². The molecule has 1 amide bonds. The summed E-state index contributed by atoms with van der Waals surface area (Å²) in [5.41, 5.74) is -0.392. The van der Waals surface area contributed by atoms with Crippen LogP contribution in [0.2, 0.25) is 0 Å². The molecule has 34 heavy (non-hydrogen) atoms. The van der Waals surface area contributed by atoms with Crippen molar-refractivity contribution < 1.29 is 38.4 Å². The van der Waals surface area contributed by atoms with Gasteiger partial charge >= 0.3 is 5.97 Å². The van der Waals surface area contributed by atoms with Crippen molar-refractivity contribution in [3.63, 3.8) is 0 Å². The van der Waals surface area contributed by atoms with E-state index in [2.05, 4.69) is 5.32 Å². The van der Waals surface area contributed by atoms with E-state index in [1.165, 1.54) is 24.1 Å². The normalized spacial score (nSPS) is 17.1. The minimum atomic E-state index is -1.16. The van der Waals surface area contributed by atoms with Crippen molar-refractivity contribution in [3.05, 3.63) is 23.8 Å². The zero-order valence-corrected chi connectivity index (χ0v) is 20.6. The number of Topliss-reactive ketones (excluding diaryl/α,β-unsaturated/α-hetero) is 1. The molecule has 1 aliphatic heterocycles. The molecule has 0 spiro atoms. The van der Waals surface area contributed by atoms with Crippen LogP contribution in [0.1, 0.15) is 57.3 Å². The number of piperidine rings is 1. The van der Waals surface area contributed by atoms with Crippen molar-refractivity contribution in [2.75, 3.05) is 33.4 Å². The van der Waals surface area contributed by atoms with Gasteiger partial charge in [-0.1, -0.05) is 0 Å². The number of esters is 1. The van der Waals surface area contributed by atoms with E-state index in [4.69, 9.17) is 18.9 Å². The molecule has 0 aromatic heterocycles. The summed E-state index contributed by atoms with van der Waals surface area (Å²) in [6.45, 7) is 8.09. The van der Waals surface area contributed by atoms with E-state index in [-0.39, 0.29) is 31.1 Å². The summed E-state index contributed by atoms with van der Waals surface area (Å²) < 4.78 is 21.4. The van der Waals surface area contributed by atoms with Gasteiger partial charge in [-0.2, -0.15) is 0 Å². The molecular weight excluding hydrogens is 444 g/mol. The standard InChI is InChI=1S/C24H36N2O8/c1-6-32-22(29)17-9-7-8-13-26(17)21(28)20(27)16-10-11-18(31-5)19(15-16)33-14-12-25-23(30)34-24(2,3)4/h10-11,15,17,23,25,30H,6-9,12-14H2,1-5H3. The van der Waals surface area contributed by atoms with Gasteiger partial charge < -0.3 is 29.0 Å². The SMILES string of the molecule is CCOC(=O)C1CCCCN1C(=O)C(=O)c1ccc(OC)c(OCCNC(O)OC(C)(C)C)c1. The first-order valence-electron chi connectivity index (χ1n) is 11.5. The second kappa shape index (κ2) is 12.7. The molecule has 1 heterocycles. The molecule has 0 bridgehead atoms. The molecule has 0 saturated carbocycles. The van der Waals surface area contributed by atoms with Crippen LogP contribution in [0.15, 0.2) is 18.2 Å². The summed E-state index contributed by atoms with van der Waals surface area (Å²) in [5, 5.41) is 12.6. The highest BCUT2D eigenvalue weighted by Crippen LogP contribution is 2.29. The third kappa shape index (κ3) is 7.96. The molecular formula is C24H36N2O8. The Morgan fingerprint density at radius 3 is 2.59 bits per heavy atom. The second-order valence-corrected chi connectivity index (χ2v) is 8.84. The van der Waals surface area contributed by atoms with Gasteiger partial charge in [-0.05, 0) is 65.2 Å². The molecule has 1 saturated heterocycles. The molecule has 2 unspecified atom stereocenters. The zero-order valence-electron chi connectivity index (χ0n) is 20.6. The van der Waals surface area contributed by atoms with Gasteiger partial charge in [0.25, 0.3) is 11.7 Å². The molecule has 10 nitrogen and oxygen atoms in total. The summed E-state index contributed by atoms with van der Waals surface area (Å²) in [5.74, 6) is -1.33. The number of carbonyl (C=O) groups excluding carboxylic acids is 3. The largest absolute Gasteiger partial charge is 0.493 e. The van der Waals surface area contributed by atoms with Crippen LogP contribution >= 0.6 is 0 Å². The van der Waals surface area contributed by atoms with Gasteiger partial charge in [-0.15, -0.1) is 0 Å². The average molecular weight is 481 g/mol. The van der Waals surface area contributed by atoms with E-state index in [1.54, 1.807) is 13.0 Å². The van der Waals surface area contributed by atoms with Crippen molar-refractivity contribution in [2.45, 2.75) is 65.0 Å². The van der Waals surface area contributed by atoms with Gasteiger partial charge in [0.15, 0.2) is 11.5 Å². The van der Waals surface area contributed by atoms with E-state index in [0.29, 0.717) is 25.1 Å². The fourth-order valence-electron chi connectivity index (χ4n) is 3.56. The number of aliphatic hydroxyl groups excluding tert-OH is 1. The number of likely N-dealkylation sites (tertiary alicyclic amines) is 1. The number of nitrogens with one attached hydrogen (secondary N) is 1. The number of benzene rings is 1. The zero-order chi connectivity index (χ0) is 25.3. The van der Waals surface area contributed by atoms with Crippen molar-refractivity contribution in [2.24, 2.45) is 0 Å². The summed E-state index contributed by atoms with van der Waals surface area (Å²) in [6.07, 6.45) is 0.801. The Bertz CT molecular complexity index is 852. The summed E-state index contributed by atoms with van der Waals surface area (Å²) in [4.78, 5) is 39.5. The summed E-state index contributed by atoms with van der Waals surface area (Å²) in [7, 11) is 1.46. The number of ketones is 1. The molecule has 2 atom stereocenters. The first-order chi connectivity index (χ1) is 16.1. The first-order valence-corrected chi connectivity index (χ1v) is 11.5. The number of carbonyl (C=O) groups is 3. The predicted molar refractivity (Wildman–Crippen MR) is 124 cm³/mol. The van der Waals surface area contributed by atoms with Gasteiger partial charge in [0.1, 0.15) is 12.6 Å². The summed E-state index contributed by atoms with van der Waals surface area (Å²) in [6, 6.07) is 3.70. The van der Waals surface area contributed by atoms with Gasteiger partial charge in [0.05, 0.1) is 19.3 Å². The number of nitrogens with zero attached hydrogens (tertiary/aromatic N) is 1. The highest BCUT2D eigenvalue weighted by molar-refractivity contribution is 6.43. The number of aliphatic hydroxyl groups is 1. The number of methoxy groups -OCH3 is 1. The quantitative estimate of drug-likeness (QED) is 0.161. The predicted octanol–water partition coefficient (Wildman–Crippen LogP) is 1.88. The van der Waals surface area contributed by atoms with Crippen LogP contribution in [-0.2, 0) is 19.1 Å². The van der Waals surface area contributed by atoms with Crippen LogP contribution in [0.3, 0.4) is 0 Å². The van der Waals surface area contributed by atoms with E-state index in [9.17, 15) is 19.5 Å². The summed E-state index contributed by atoms with van der Waals surface area (Å²) >= 11 is 0. The molecule has 1 aliphatic rings. The van der Waals surface area contributed by atoms with E-state index < -0.39 is 35.7 Å². The Morgan fingerprint density at radius 2 is 1.94 bits per heavy atom. The molecule has 0 aliphatic carbocycles. The van der Waals surface area contributed by atoms with Crippen LogP contribution in [0.5, 0.6) is 11.5 Å². The molecule has 10 heteroatoms. The average Bonchev–Trinajstić information content (AvgIpc) is 2.79. The van der Waals surface area contributed by atoms with Gasteiger partial charge in [-0.3, -0.25) is 14.9 Å². The molecule has 190 valence electrons. The molecule has 1 aromatic carbocycles. The molecule has 1 fully saturated rings. The maximum Gasteiger partial charge on any atom is 0.328 e. The Labute approximate surface area is 200 Å². The lowest BCUT2D eigenvalue weighted by Crippen LogP contribution is -2.51. The van der Waals surface area contributed by atoms with Gasteiger partial charge in [0.2, 0.25) is 6.41 Å². The highest BCUT2D eigenvalue weighted by atomic mass is 16.6. The van der Waals surface area contributed by atoms with Crippen molar-refractivity contribution in [1.29, 1.82) is 0 Å². The third-order valence-corrected chi connectivity index (χ3v) is 5.09. The Balaban J connectivity index is 2.06. The monoisotopic (exact) mass is 480 g/mol. The van der Waals surface area contributed by atoms with Crippen LogP contribution < -0.4 is 14.8 Å². The molecule has 0 radical (unpaired) electrons. The van der Waals surface area contributed by atoms with Gasteiger partial charge in [-0.25, -0.2) is 4.79 Å². The number of amides is 1. The molecule has 2 rings (SSSR count). The van der Waals surface area contributed by atoms with Crippen molar-refractivity contribution in [3.8, 4) is 11.5 Å². The number of rotatable bonds is 11. The highest BCUT2D eigenvalue weighted by Gasteiger charge is 2.36. The maximum atomic E-state index is 13.0. The van der Waals surface area contributed by atoms with E-state index in [0.717, 1.165) is 6.42 Å². The lowest BCUT2D eigenvalue weighted by molar-refractivity contribution is -0.181. The third-order valence-electron chi connectivity index (χ3n) is 5.09. The lowest BCUT2D eigenvalue weighted by Gasteiger charge is -2.33. The maximum absolute atomic E-state index is 13.0. The fraction of sp³-hybridized carbons (Fsp3) is 0.625. The Hall–Kier alpha value is -2.69. The molecule has 2 N–H and O–H groups in total. The number of hydrogen-bond donors (Lipinski definition) is 2. The lowest BCUT2D eigenvalue weighted by atomic mass is 10.00. The Kier molecular flexibility index (Phi) is 10.3. The molecule has 1 aromatic rings. The van der Waals surface area contributed by atoms with E-state index >= 15 is 0 Å². The topological polar surface area (TPSA) is 124 Å². The van der Waals surface area contributed by atoms with Crippen molar-refractivity contribution >= 4 is 17.7 Å². The van der Waals surface area contributed by atoms with Crippen LogP contribution in [0, 0.1) is 0 Å². The minimum Gasteiger partial charge on any atom is -0.493 e. The van der Waals surface area contributed by atoms with Crippen molar-refractivity contribution in [1.82, 2.24) is 10.2 Å². The minimum absolute atomic E-state index is 0.123. The smallest absolute Gasteiger partial charge is 0.328 e. The van der Waals surface area contributed by atoms with E-state index in [1.807, 2.05) is 20.8 Å². The van der Waals surface area contributed by atoms with Crippen LogP contribution in [-0.4, -0.2) is 79.1 Å².